The predicted molar refractivity (Wildman–Crippen MR) is 101 cm³/mol. The molecule has 0 aliphatic heterocycles. The summed E-state index contributed by atoms with van der Waals surface area (Å²) in [4.78, 5) is 23.8. The molecule has 0 spiro atoms. The van der Waals surface area contributed by atoms with Crippen molar-refractivity contribution in [2.24, 2.45) is 0 Å². The number of carbonyl (C=O) groups is 2. The zero-order valence-corrected chi connectivity index (χ0v) is 14.9. The summed E-state index contributed by atoms with van der Waals surface area (Å²) in [5.74, 6) is 0.478. The average Bonchev–Trinajstić information content (AvgIpc) is 2.66. The Morgan fingerprint density at radius 3 is 2.65 bits per heavy atom. The quantitative estimate of drug-likeness (QED) is 0.715. The fourth-order valence-corrected chi connectivity index (χ4v) is 2.35. The van der Waals surface area contributed by atoms with Crippen molar-refractivity contribution in [2.45, 2.75) is 6.42 Å². The van der Waals surface area contributed by atoms with Crippen LogP contribution in [0.4, 0.5) is 5.69 Å². The number of allylic oxidation sites excluding steroid dienone is 1. The molecule has 0 heterocycles. The Morgan fingerprint density at radius 1 is 1.15 bits per heavy atom. The number of ether oxygens (including phenoxy) is 2. The lowest BCUT2D eigenvalue weighted by molar-refractivity contribution is -0.118. The van der Waals surface area contributed by atoms with Crippen molar-refractivity contribution in [3.63, 3.8) is 0 Å². The molecule has 2 rings (SSSR count). The summed E-state index contributed by atoms with van der Waals surface area (Å²) in [5.41, 5.74) is 2.03. The summed E-state index contributed by atoms with van der Waals surface area (Å²) < 4.78 is 10.9. The van der Waals surface area contributed by atoms with Crippen LogP contribution in [0.15, 0.2) is 55.1 Å². The third-order valence-corrected chi connectivity index (χ3v) is 3.60. The molecule has 0 fully saturated rings. The fraction of sp³-hybridized carbons (Fsp3) is 0.200. The van der Waals surface area contributed by atoms with Gasteiger partial charge in [-0.05, 0) is 42.3 Å². The minimum atomic E-state index is -0.337. The van der Waals surface area contributed by atoms with Crippen LogP contribution in [0.3, 0.4) is 0 Å². The van der Waals surface area contributed by atoms with Gasteiger partial charge in [0.25, 0.3) is 11.8 Å². The second-order valence-corrected chi connectivity index (χ2v) is 5.47. The van der Waals surface area contributed by atoms with Crippen molar-refractivity contribution in [1.82, 2.24) is 5.32 Å². The van der Waals surface area contributed by atoms with Crippen molar-refractivity contribution in [3.8, 4) is 11.5 Å². The molecule has 0 bridgehead atoms. The number of rotatable bonds is 8. The molecule has 0 atom stereocenters. The molecule has 0 aromatic heterocycles. The van der Waals surface area contributed by atoms with Crippen molar-refractivity contribution < 1.29 is 19.1 Å². The van der Waals surface area contributed by atoms with E-state index in [0.717, 1.165) is 12.0 Å². The van der Waals surface area contributed by atoms with E-state index in [0.29, 0.717) is 22.7 Å². The Bertz CT molecular complexity index is 802. The van der Waals surface area contributed by atoms with Gasteiger partial charge in [0.2, 0.25) is 0 Å². The minimum absolute atomic E-state index is 0.179. The average molecular weight is 354 g/mol. The third-order valence-electron chi connectivity index (χ3n) is 3.60. The lowest BCUT2D eigenvalue weighted by atomic mass is 10.1. The number of carbonyl (C=O) groups excluding carboxylic acids is 2. The maximum absolute atomic E-state index is 12.1. The van der Waals surface area contributed by atoms with Gasteiger partial charge in [0, 0.05) is 18.3 Å². The molecule has 6 heteroatoms. The standard InChI is InChI=1S/C20H22N2O4/c1-4-6-14-9-10-17(18(11-14)25-3)26-13-19(23)22-16-8-5-7-15(12-16)20(24)21-2/h4-5,7-12H,1,6,13H2,2-3H3,(H,21,24)(H,22,23). The number of amides is 2. The normalized spacial score (nSPS) is 9.92. The number of nitrogens with one attached hydrogen (secondary N) is 2. The van der Waals surface area contributed by atoms with E-state index >= 15 is 0 Å². The first-order chi connectivity index (χ1) is 12.6. The summed E-state index contributed by atoms with van der Waals surface area (Å²) >= 11 is 0. The highest BCUT2D eigenvalue weighted by molar-refractivity contribution is 5.97. The highest BCUT2D eigenvalue weighted by Gasteiger charge is 2.10. The van der Waals surface area contributed by atoms with Crippen LogP contribution in [0.1, 0.15) is 15.9 Å². The summed E-state index contributed by atoms with van der Waals surface area (Å²) in [6.45, 7) is 3.53. The van der Waals surface area contributed by atoms with E-state index in [-0.39, 0.29) is 18.4 Å². The molecule has 0 radical (unpaired) electrons. The van der Waals surface area contributed by atoms with Gasteiger partial charge in [-0.15, -0.1) is 6.58 Å². The van der Waals surface area contributed by atoms with Gasteiger partial charge >= 0.3 is 0 Å². The van der Waals surface area contributed by atoms with Crippen LogP contribution in [0.2, 0.25) is 0 Å². The fourth-order valence-electron chi connectivity index (χ4n) is 2.35. The molecule has 136 valence electrons. The van der Waals surface area contributed by atoms with E-state index in [2.05, 4.69) is 17.2 Å². The molecule has 2 aromatic carbocycles. The van der Waals surface area contributed by atoms with Crippen LogP contribution in [0, 0.1) is 0 Å². The molecular weight excluding hydrogens is 332 g/mol. The summed E-state index contributed by atoms with van der Waals surface area (Å²) in [6, 6.07) is 12.2. The molecule has 0 unspecified atom stereocenters. The highest BCUT2D eigenvalue weighted by Crippen LogP contribution is 2.28. The summed E-state index contributed by atoms with van der Waals surface area (Å²) in [6.07, 6.45) is 2.52. The molecular formula is C20H22N2O4. The Morgan fingerprint density at radius 2 is 1.96 bits per heavy atom. The van der Waals surface area contributed by atoms with E-state index < -0.39 is 0 Å². The van der Waals surface area contributed by atoms with Gasteiger partial charge in [0.15, 0.2) is 18.1 Å². The predicted octanol–water partition coefficient (Wildman–Crippen LogP) is 2.80. The highest BCUT2D eigenvalue weighted by atomic mass is 16.5. The number of anilines is 1. The first-order valence-electron chi connectivity index (χ1n) is 8.10. The molecule has 0 saturated carbocycles. The Balaban J connectivity index is 1.99. The maximum atomic E-state index is 12.1. The van der Waals surface area contributed by atoms with Gasteiger partial charge in [-0.2, -0.15) is 0 Å². The van der Waals surface area contributed by atoms with Gasteiger partial charge in [-0.25, -0.2) is 0 Å². The van der Waals surface area contributed by atoms with Crippen molar-refractivity contribution in [2.75, 3.05) is 26.1 Å². The van der Waals surface area contributed by atoms with Gasteiger partial charge in [-0.3, -0.25) is 9.59 Å². The van der Waals surface area contributed by atoms with Crippen LogP contribution in [0.25, 0.3) is 0 Å². The van der Waals surface area contributed by atoms with E-state index in [1.165, 1.54) is 0 Å². The maximum Gasteiger partial charge on any atom is 0.262 e. The Kier molecular flexibility index (Phi) is 6.79. The largest absolute Gasteiger partial charge is 0.493 e. The lowest BCUT2D eigenvalue weighted by Gasteiger charge is -2.12. The zero-order valence-electron chi connectivity index (χ0n) is 14.9. The van der Waals surface area contributed by atoms with Crippen LogP contribution in [-0.4, -0.2) is 32.6 Å². The Hall–Kier alpha value is -3.28. The number of hydrogen-bond acceptors (Lipinski definition) is 4. The van der Waals surface area contributed by atoms with Crippen LogP contribution >= 0.6 is 0 Å². The first-order valence-corrected chi connectivity index (χ1v) is 8.10. The zero-order chi connectivity index (χ0) is 18.9. The number of benzene rings is 2. The molecule has 0 aliphatic carbocycles. The second-order valence-electron chi connectivity index (χ2n) is 5.47. The smallest absolute Gasteiger partial charge is 0.262 e. The third kappa shape index (κ3) is 5.11. The van der Waals surface area contributed by atoms with Crippen molar-refractivity contribution in [3.05, 3.63) is 66.2 Å². The van der Waals surface area contributed by atoms with E-state index in [1.807, 2.05) is 12.1 Å². The summed E-state index contributed by atoms with van der Waals surface area (Å²) in [7, 11) is 3.10. The topological polar surface area (TPSA) is 76.7 Å². The molecule has 6 nitrogen and oxygen atoms in total. The SMILES string of the molecule is C=CCc1ccc(OCC(=O)Nc2cccc(C(=O)NC)c2)c(OC)c1. The lowest BCUT2D eigenvalue weighted by Crippen LogP contribution is -2.21. The van der Waals surface area contributed by atoms with Gasteiger partial charge in [-0.1, -0.05) is 18.2 Å². The second kappa shape index (κ2) is 9.27. The van der Waals surface area contributed by atoms with Crippen molar-refractivity contribution in [1.29, 1.82) is 0 Å². The van der Waals surface area contributed by atoms with E-state index in [9.17, 15) is 9.59 Å². The van der Waals surface area contributed by atoms with Gasteiger partial charge < -0.3 is 20.1 Å². The van der Waals surface area contributed by atoms with Gasteiger partial charge in [0.05, 0.1) is 7.11 Å². The molecule has 2 amide bonds. The molecule has 0 saturated heterocycles. The van der Waals surface area contributed by atoms with Crippen LogP contribution in [0.5, 0.6) is 11.5 Å². The molecule has 26 heavy (non-hydrogen) atoms. The van der Waals surface area contributed by atoms with Gasteiger partial charge in [0.1, 0.15) is 0 Å². The Labute approximate surface area is 152 Å². The molecule has 2 aromatic rings. The first kappa shape index (κ1) is 19.1. The van der Waals surface area contributed by atoms with E-state index in [4.69, 9.17) is 9.47 Å². The number of methoxy groups -OCH3 is 1. The molecule has 0 aliphatic rings. The van der Waals surface area contributed by atoms with Crippen LogP contribution in [-0.2, 0) is 11.2 Å². The minimum Gasteiger partial charge on any atom is -0.493 e. The van der Waals surface area contributed by atoms with Crippen molar-refractivity contribution >= 4 is 17.5 Å². The molecule has 2 N–H and O–H groups in total. The van der Waals surface area contributed by atoms with Crippen LogP contribution < -0.4 is 20.1 Å². The summed E-state index contributed by atoms with van der Waals surface area (Å²) in [5, 5.41) is 5.24. The number of hydrogen-bond donors (Lipinski definition) is 2. The monoisotopic (exact) mass is 354 g/mol. The van der Waals surface area contributed by atoms with E-state index in [1.54, 1.807) is 50.6 Å².